The maximum absolute atomic E-state index is 12.7. The van der Waals surface area contributed by atoms with Crippen LogP contribution in [-0.4, -0.2) is 48.2 Å². The van der Waals surface area contributed by atoms with Crippen molar-refractivity contribution in [2.45, 2.75) is 56.5 Å². The van der Waals surface area contributed by atoms with Crippen molar-refractivity contribution in [2.75, 3.05) is 6.61 Å². The molecule has 0 spiro atoms. The van der Waals surface area contributed by atoms with Gasteiger partial charge in [0.15, 0.2) is 0 Å². The zero-order valence-electron chi connectivity index (χ0n) is 19.1. The number of hydrogen-bond acceptors (Lipinski definition) is 4. The largest absolute Gasteiger partial charge is 0.480 e. The topological polar surface area (TPSA) is 105 Å². The van der Waals surface area contributed by atoms with Crippen LogP contribution in [0.1, 0.15) is 49.1 Å². The van der Waals surface area contributed by atoms with E-state index >= 15 is 0 Å². The number of carboxylic acids is 1. The van der Waals surface area contributed by atoms with Crippen LogP contribution in [0.3, 0.4) is 0 Å². The molecule has 2 atom stereocenters. The van der Waals surface area contributed by atoms with E-state index in [2.05, 4.69) is 10.6 Å². The van der Waals surface area contributed by atoms with Crippen molar-refractivity contribution in [3.05, 3.63) is 59.7 Å². The molecule has 0 heterocycles. The molecule has 2 aliphatic carbocycles. The van der Waals surface area contributed by atoms with Crippen LogP contribution < -0.4 is 10.6 Å². The van der Waals surface area contributed by atoms with Crippen LogP contribution in [0.25, 0.3) is 11.1 Å². The van der Waals surface area contributed by atoms with Crippen molar-refractivity contribution >= 4 is 18.0 Å². The van der Waals surface area contributed by atoms with E-state index in [0.717, 1.165) is 41.5 Å². The summed E-state index contributed by atoms with van der Waals surface area (Å²) in [5.41, 5.74) is 4.38. The molecule has 0 radical (unpaired) electrons. The summed E-state index contributed by atoms with van der Waals surface area (Å²) in [6.07, 6.45) is -2.14. The summed E-state index contributed by atoms with van der Waals surface area (Å²) >= 11 is 0. The monoisotopic (exact) mass is 486 g/mol. The highest BCUT2D eigenvalue weighted by molar-refractivity contribution is 5.84. The molecule has 0 aromatic heterocycles. The number of carbonyl (C=O) groups is 3. The van der Waals surface area contributed by atoms with E-state index in [1.54, 1.807) is 0 Å². The zero-order chi connectivity index (χ0) is 24.9. The maximum Gasteiger partial charge on any atom is 0.407 e. The van der Waals surface area contributed by atoms with E-state index in [9.17, 15) is 23.2 Å². The lowest BCUT2D eigenvalue weighted by Crippen LogP contribution is -2.49. The van der Waals surface area contributed by atoms with Gasteiger partial charge in [-0.3, -0.25) is 4.79 Å². The number of carbonyl (C=O) groups excluding carboxylic acids is 2. The Morgan fingerprint density at radius 3 is 2.09 bits per heavy atom. The summed E-state index contributed by atoms with van der Waals surface area (Å²) in [6, 6.07) is 13.7. The van der Waals surface area contributed by atoms with Crippen molar-refractivity contribution in [1.29, 1.82) is 0 Å². The fourth-order valence-electron chi connectivity index (χ4n) is 4.82. The molecule has 9 heteroatoms. The normalized spacial score (nSPS) is 16.5. The Balaban J connectivity index is 1.36. The van der Waals surface area contributed by atoms with Crippen molar-refractivity contribution < 1.29 is 33.0 Å². The van der Waals surface area contributed by atoms with Gasteiger partial charge in [-0.05, 0) is 41.0 Å². The second-order valence-corrected chi connectivity index (χ2v) is 9.06. The number of amides is 2. The van der Waals surface area contributed by atoms with Gasteiger partial charge < -0.3 is 20.5 Å². The van der Waals surface area contributed by atoms with Gasteiger partial charge in [0.25, 0.3) is 0 Å². The average molecular weight is 487 g/mol. The minimum absolute atomic E-state index is 0.0413. The molecule has 186 valence electrons. The molecule has 35 heavy (non-hydrogen) atoms. The summed E-state index contributed by atoms with van der Waals surface area (Å²) in [5.74, 6) is -2.29. The first-order valence-electron chi connectivity index (χ1n) is 11.7. The first-order valence-corrected chi connectivity index (χ1v) is 11.7. The van der Waals surface area contributed by atoms with Crippen LogP contribution >= 0.6 is 0 Å². The maximum atomic E-state index is 12.7. The fraction of sp³-hybridized carbons (Fsp3) is 0.423. The number of benzene rings is 2. The van der Waals surface area contributed by atoms with E-state index in [1.165, 1.54) is 0 Å². The molecule has 3 N–H and O–H groups in total. The van der Waals surface area contributed by atoms with Crippen molar-refractivity contribution in [3.8, 4) is 11.1 Å². The number of alkyl halides is 2. The van der Waals surface area contributed by atoms with Gasteiger partial charge in [0.05, 0.1) is 0 Å². The third-order valence-electron chi connectivity index (χ3n) is 6.82. The Kier molecular flexibility index (Phi) is 7.63. The highest BCUT2D eigenvalue weighted by Crippen LogP contribution is 2.44. The molecule has 2 aliphatic rings. The summed E-state index contributed by atoms with van der Waals surface area (Å²) in [4.78, 5) is 36.3. The van der Waals surface area contributed by atoms with Crippen molar-refractivity contribution in [3.63, 3.8) is 0 Å². The van der Waals surface area contributed by atoms with Crippen LogP contribution in [0.15, 0.2) is 48.5 Å². The first kappa shape index (κ1) is 24.6. The number of hydrogen-bond donors (Lipinski definition) is 3. The second-order valence-electron chi connectivity index (χ2n) is 9.06. The van der Waals surface area contributed by atoms with E-state index < -0.39 is 42.9 Å². The average Bonchev–Trinajstić information content (AvgIpc) is 3.09. The summed E-state index contributed by atoms with van der Waals surface area (Å²) < 4.78 is 30.8. The Morgan fingerprint density at radius 2 is 1.57 bits per heavy atom. The summed E-state index contributed by atoms with van der Waals surface area (Å²) in [6.45, 7) is 0.124. The van der Waals surface area contributed by atoms with Gasteiger partial charge in [0, 0.05) is 24.8 Å². The summed E-state index contributed by atoms with van der Waals surface area (Å²) in [7, 11) is 0. The number of fused-ring (bicyclic) bond motifs is 3. The molecule has 0 bridgehead atoms. The zero-order valence-corrected chi connectivity index (χ0v) is 19.1. The molecular weight excluding hydrogens is 458 g/mol. The Morgan fingerprint density at radius 1 is 0.971 bits per heavy atom. The van der Waals surface area contributed by atoms with Crippen molar-refractivity contribution in [2.24, 2.45) is 5.92 Å². The quantitative estimate of drug-likeness (QED) is 0.464. The lowest BCUT2D eigenvalue weighted by molar-refractivity contribution is -0.143. The van der Waals surface area contributed by atoms with Gasteiger partial charge in [0.1, 0.15) is 12.6 Å². The number of aliphatic carboxylic acids is 1. The van der Waals surface area contributed by atoms with E-state index in [0.29, 0.717) is 0 Å². The minimum atomic E-state index is -2.86. The number of nitrogens with one attached hydrogen (secondary N) is 2. The molecule has 0 aliphatic heterocycles. The number of halogens is 2. The highest BCUT2D eigenvalue weighted by atomic mass is 19.3. The smallest absolute Gasteiger partial charge is 0.407 e. The molecule has 4 rings (SSSR count). The molecule has 1 saturated carbocycles. The molecular formula is C26H28F2N2O5. The molecule has 2 aromatic rings. The molecule has 0 saturated heterocycles. The van der Waals surface area contributed by atoms with E-state index in [1.807, 2.05) is 48.5 Å². The van der Waals surface area contributed by atoms with Crippen LogP contribution in [0, 0.1) is 5.92 Å². The van der Waals surface area contributed by atoms with Gasteiger partial charge in [-0.2, -0.15) is 0 Å². The standard InChI is InChI=1S/C26H28F2N2O5/c27-23(28)12-22(25(32)33)29-24(31)13-21(15-6-5-7-15)30-26(34)35-14-20-18-10-3-1-8-16(18)17-9-2-4-11-19(17)20/h1-4,8-11,15,20-23H,5-7,12-14H2,(H,29,31)(H,30,34)(H,32,33). The van der Waals surface area contributed by atoms with Gasteiger partial charge >= 0.3 is 12.1 Å². The lowest BCUT2D eigenvalue weighted by atomic mass is 9.78. The van der Waals surface area contributed by atoms with Crippen LogP contribution in [0.2, 0.25) is 0 Å². The highest BCUT2D eigenvalue weighted by Gasteiger charge is 2.33. The fourth-order valence-corrected chi connectivity index (χ4v) is 4.82. The lowest BCUT2D eigenvalue weighted by Gasteiger charge is -2.34. The van der Waals surface area contributed by atoms with E-state index in [-0.39, 0.29) is 24.9 Å². The number of carboxylic acid groups (broad SMARTS) is 1. The Hall–Kier alpha value is -3.49. The predicted octanol–water partition coefficient (Wildman–Crippen LogP) is 4.31. The number of alkyl carbamates (subject to hydrolysis) is 1. The molecule has 2 unspecified atom stereocenters. The van der Waals surface area contributed by atoms with E-state index in [4.69, 9.17) is 9.84 Å². The molecule has 1 fully saturated rings. The molecule has 2 aromatic carbocycles. The van der Waals surface area contributed by atoms with Gasteiger partial charge in [-0.15, -0.1) is 0 Å². The minimum Gasteiger partial charge on any atom is -0.480 e. The number of rotatable bonds is 10. The number of ether oxygens (including phenoxy) is 1. The SMILES string of the molecule is O=C(CC(NC(=O)OCC1c2ccccc2-c2ccccc21)C1CCC1)NC(CC(F)F)C(=O)O. The molecule has 7 nitrogen and oxygen atoms in total. The second kappa shape index (κ2) is 10.8. The third kappa shape index (κ3) is 5.78. The third-order valence-corrected chi connectivity index (χ3v) is 6.82. The van der Waals surface area contributed by atoms with Crippen LogP contribution in [0.4, 0.5) is 13.6 Å². The first-order chi connectivity index (χ1) is 16.8. The van der Waals surface area contributed by atoms with Gasteiger partial charge in [0.2, 0.25) is 12.3 Å². The van der Waals surface area contributed by atoms with Gasteiger partial charge in [-0.25, -0.2) is 18.4 Å². The Bertz CT molecular complexity index is 1040. The molecule has 2 amide bonds. The van der Waals surface area contributed by atoms with Crippen LogP contribution in [0.5, 0.6) is 0 Å². The predicted molar refractivity (Wildman–Crippen MR) is 124 cm³/mol. The van der Waals surface area contributed by atoms with Crippen LogP contribution in [-0.2, 0) is 14.3 Å². The summed E-state index contributed by atoms with van der Waals surface area (Å²) in [5, 5.41) is 14.0. The Labute approximate surface area is 201 Å². The van der Waals surface area contributed by atoms with Gasteiger partial charge in [-0.1, -0.05) is 55.0 Å². The van der Waals surface area contributed by atoms with Crippen molar-refractivity contribution in [1.82, 2.24) is 10.6 Å².